The highest BCUT2D eigenvalue weighted by Crippen LogP contribution is 2.53. The van der Waals surface area contributed by atoms with E-state index in [-0.39, 0.29) is 23.8 Å². The molecular formula is C13H19NO3S. The molecule has 1 aliphatic carbocycles. The summed E-state index contributed by atoms with van der Waals surface area (Å²) in [4.78, 5) is 0.329. The van der Waals surface area contributed by atoms with Crippen molar-refractivity contribution in [1.82, 2.24) is 0 Å². The van der Waals surface area contributed by atoms with Gasteiger partial charge in [0.15, 0.2) is 9.84 Å². The monoisotopic (exact) mass is 269 g/mol. The fourth-order valence-electron chi connectivity index (χ4n) is 2.13. The van der Waals surface area contributed by atoms with Crippen molar-refractivity contribution in [2.75, 3.05) is 12.4 Å². The molecule has 0 saturated heterocycles. The summed E-state index contributed by atoms with van der Waals surface area (Å²) < 4.78 is 23.4. The third kappa shape index (κ3) is 2.30. The van der Waals surface area contributed by atoms with Gasteiger partial charge >= 0.3 is 0 Å². The van der Waals surface area contributed by atoms with Crippen molar-refractivity contribution in [2.24, 2.45) is 11.1 Å². The van der Waals surface area contributed by atoms with Gasteiger partial charge in [-0.05, 0) is 30.5 Å². The van der Waals surface area contributed by atoms with Crippen LogP contribution in [0.2, 0.25) is 0 Å². The Labute approximate surface area is 108 Å². The molecule has 1 fully saturated rings. The molecule has 0 amide bonds. The van der Waals surface area contributed by atoms with E-state index >= 15 is 0 Å². The second kappa shape index (κ2) is 4.64. The minimum atomic E-state index is -3.16. The predicted molar refractivity (Wildman–Crippen MR) is 69.9 cm³/mol. The first kappa shape index (κ1) is 13.5. The lowest BCUT2D eigenvalue weighted by molar-refractivity contribution is 0.187. The SMILES string of the molecule is CCS(=O)(=O)c1ccc(C(N)C2(CO)CC2)cc1. The fourth-order valence-corrected chi connectivity index (χ4v) is 3.01. The van der Waals surface area contributed by atoms with E-state index in [0.717, 1.165) is 18.4 Å². The van der Waals surface area contributed by atoms with Crippen molar-refractivity contribution in [3.63, 3.8) is 0 Å². The Hall–Kier alpha value is -0.910. The average molecular weight is 269 g/mol. The van der Waals surface area contributed by atoms with Crippen LogP contribution in [0.1, 0.15) is 31.4 Å². The highest BCUT2D eigenvalue weighted by Gasteiger charge is 2.47. The lowest BCUT2D eigenvalue weighted by atomic mass is 9.92. The van der Waals surface area contributed by atoms with Crippen molar-refractivity contribution in [3.8, 4) is 0 Å². The van der Waals surface area contributed by atoms with E-state index in [2.05, 4.69) is 0 Å². The van der Waals surface area contributed by atoms with Crippen LogP contribution in [0.15, 0.2) is 29.2 Å². The number of sulfone groups is 1. The van der Waals surface area contributed by atoms with Gasteiger partial charge in [-0.3, -0.25) is 0 Å². The number of hydrogen-bond donors (Lipinski definition) is 2. The first-order valence-electron chi connectivity index (χ1n) is 6.14. The van der Waals surface area contributed by atoms with Gasteiger partial charge in [-0.25, -0.2) is 8.42 Å². The summed E-state index contributed by atoms with van der Waals surface area (Å²) in [7, 11) is -3.16. The van der Waals surface area contributed by atoms with Gasteiger partial charge in [0.1, 0.15) is 0 Å². The van der Waals surface area contributed by atoms with Gasteiger partial charge in [-0.1, -0.05) is 19.1 Å². The highest BCUT2D eigenvalue weighted by molar-refractivity contribution is 7.91. The largest absolute Gasteiger partial charge is 0.396 e. The van der Waals surface area contributed by atoms with Crippen molar-refractivity contribution < 1.29 is 13.5 Å². The normalized spacial score (nSPS) is 19.5. The molecule has 5 heteroatoms. The first-order valence-corrected chi connectivity index (χ1v) is 7.79. The molecule has 2 rings (SSSR count). The van der Waals surface area contributed by atoms with Crippen LogP contribution in [0.5, 0.6) is 0 Å². The molecule has 18 heavy (non-hydrogen) atoms. The van der Waals surface area contributed by atoms with E-state index < -0.39 is 9.84 Å². The van der Waals surface area contributed by atoms with Gasteiger partial charge in [0.05, 0.1) is 17.3 Å². The number of rotatable bonds is 5. The molecule has 100 valence electrons. The molecule has 0 spiro atoms. The topological polar surface area (TPSA) is 80.4 Å². The summed E-state index contributed by atoms with van der Waals surface area (Å²) in [5, 5.41) is 9.33. The standard InChI is InChI=1S/C13H19NO3S/c1-2-18(16,17)11-5-3-10(4-6-11)12(14)13(9-15)7-8-13/h3-6,12,15H,2,7-9,14H2,1H3. The van der Waals surface area contributed by atoms with Crippen molar-refractivity contribution in [1.29, 1.82) is 0 Å². The van der Waals surface area contributed by atoms with Crippen LogP contribution < -0.4 is 5.73 Å². The van der Waals surface area contributed by atoms with Crippen LogP contribution in [0.4, 0.5) is 0 Å². The number of nitrogens with two attached hydrogens (primary N) is 1. The molecule has 1 saturated carbocycles. The minimum absolute atomic E-state index is 0.0865. The number of hydrogen-bond acceptors (Lipinski definition) is 4. The van der Waals surface area contributed by atoms with Crippen molar-refractivity contribution in [3.05, 3.63) is 29.8 Å². The molecule has 0 heterocycles. The maximum absolute atomic E-state index is 11.7. The number of aliphatic hydroxyl groups excluding tert-OH is 1. The molecule has 1 aliphatic rings. The average Bonchev–Trinajstić information content (AvgIpc) is 3.19. The molecule has 1 aromatic rings. The maximum atomic E-state index is 11.7. The van der Waals surface area contributed by atoms with E-state index in [1.165, 1.54) is 0 Å². The Morgan fingerprint density at radius 2 is 1.89 bits per heavy atom. The molecule has 0 aliphatic heterocycles. The maximum Gasteiger partial charge on any atom is 0.178 e. The zero-order valence-electron chi connectivity index (χ0n) is 10.5. The third-order valence-electron chi connectivity index (χ3n) is 3.85. The predicted octanol–water partition coefficient (Wildman–Crippen LogP) is 1.25. The molecule has 4 nitrogen and oxygen atoms in total. The van der Waals surface area contributed by atoms with Crippen LogP contribution in [0, 0.1) is 5.41 Å². The number of aliphatic hydroxyl groups is 1. The minimum Gasteiger partial charge on any atom is -0.396 e. The van der Waals surface area contributed by atoms with Gasteiger partial charge in [0.2, 0.25) is 0 Å². The highest BCUT2D eigenvalue weighted by atomic mass is 32.2. The molecule has 1 unspecified atom stereocenters. The van der Waals surface area contributed by atoms with Gasteiger partial charge < -0.3 is 10.8 Å². The van der Waals surface area contributed by atoms with E-state index in [0.29, 0.717) is 4.90 Å². The van der Waals surface area contributed by atoms with Crippen LogP contribution in [0.25, 0.3) is 0 Å². The Kier molecular flexibility index (Phi) is 3.49. The second-order valence-electron chi connectivity index (χ2n) is 4.97. The first-order chi connectivity index (χ1) is 8.45. The van der Waals surface area contributed by atoms with E-state index in [4.69, 9.17) is 5.73 Å². The van der Waals surface area contributed by atoms with Gasteiger partial charge in [0, 0.05) is 11.5 Å². The zero-order valence-corrected chi connectivity index (χ0v) is 11.3. The lowest BCUT2D eigenvalue weighted by Crippen LogP contribution is -2.25. The summed E-state index contributed by atoms with van der Waals surface area (Å²) in [5.41, 5.74) is 6.82. The molecule has 0 aromatic heterocycles. The smallest absolute Gasteiger partial charge is 0.178 e. The molecular weight excluding hydrogens is 250 g/mol. The van der Waals surface area contributed by atoms with Gasteiger partial charge in [0.25, 0.3) is 0 Å². The molecule has 3 N–H and O–H groups in total. The lowest BCUT2D eigenvalue weighted by Gasteiger charge is -2.21. The van der Waals surface area contributed by atoms with Crippen LogP contribution in [0.3, 0.4) is 0 Å². The molecule has 0 bridgehead atoms. The van der Waals surface area contributed by atoms with E-state index in [1.54, 1.807) is 31.2 Å². The van der Waals surface area contributed by atoms with Crippen LogP contribution >= 0.6 is 0 Å². The summed E-state index contributed by atoms with van der Waals surface area (Å²) in [6.45, 7) is 1.71. The summed E-state index contributed by atoms with van der Waals surface area (Å²) in [6, 6.07) is 6.48. The molecule has 1 aromatic carbocycles. The third-order valence-corrected chi connectivity index (χ3v) is 5.60. The zero-order chi connectivity index (χ0) is 13.4. The van der Waals surface area contributed by atoms with Crippen LogP contribution in [-0.4, -0.2) is 25.9 Å². The summed E-state index contributed by atoms with van der Waals surface area (Å²) >= 11 is 0. The number of benzene rings is 1. The van der Waals surface area contributed by atoms with E-state index in [9.17, 15) is 13.5 Å². The second-order valence-corrected chi connectivity index (χ2v) is 7.25. The Balaban J connectivity index is 2.23. The molecule has 0 radical (unpaired) electrons. The Bertz CT molecular complexity index is 518. The van der Waals surface area contributed by atoms with Crippen LogP contribution in [-0.2, 0) is 9.84 Å². The van der Waals surface area contributed by atoms with Gasteiger partial charge in [-0.15, -0.1) is 0 Å². The molecule has 1 atom stereocenters. The fraction of sp³-hybridized carbons (Fsp3) is 0.538. The van der Waals surface area contributed by atoms with Gasteiger partial charge in [-0.2, -0.15) is 0 Å². The Morgan fingerprint density at radius 3 is 2.28 bits per heavy atom. The summed E-state index contributed by atoms with van der Waals surface area (Å²) in [6.07, 6.45) is 1.86. The quantitative estimate of drug-likeness (QED) is 0.843. The van der Waals surface area contributed by atoms with E-state index in [1.807, 2.05) is 0 Å². The Morgan fingerprint density at radius 1 is 1.33 bits per heavy atom. The van der Waals surface area contributed by atoms with Crippen molar-refractivity contribution in [2.45, 2.75) is 30.7 Å². The summed E-state index contributed by atoms with van der Waals surface area (Å²) in [5.74, 6) is 0.0962. The van der Waals surface area contributed by atoms with Crippen molar-refractivity contribution >= 4 is 9.84 Å².